The number of unbranched alkanes of at least 4 members (excludes halogenated alkanes) is 6. The van der Waals surface area contributed by atoms with E-state index in [4.69, 9.17) is 9.47 Å². The molecule has 1 aliphatic heterocycles. The average Bonchev–Trinajstić information content (AvgIpc) is 2.85. The van der Waals surface area contributed by atoms with Gasteiger partial charge in [0.15, 0.2) is 0 Å². The largest absolute Gasteiger partial charge is 0.496 e. The number of methoxy groups -OCH3 is 2. The lowest BCUT2D eigenvalue weighted by Gasteiger charge is -2.30. The Morgan fingerprint density at radius 3 is 2.43 bits per heavy atom. The monoisotopic (exact) mass is 482 g/mol. The fourth-order valence-corrected chi connectivity index (χ4v) is 4.39. The summed E-state index contributed by atoms with van der Waals surface area (Å²) in [6.07, 6.45) is 20.3. The van der Waals surface area contributed by atoms with Crippen LogP contribution in [0.3, 0.4) is 0 Å². The van der Waals surface area contributed by atoms with Crippen LogP contribution in [0.4, 0.5) is 4.79 Å². The molecule has 0 saturated heterocycles. The fourth-order valence-electron chi connectivity index (χ4n) is 4.39. The van der Waals surface area contributed by atoms with E-state index in [1.165, 1.54) is 39.2 Å². The molecule has 1 aliphatic rings. The molecule has 0 saturated carbocycles. The predicted molar refractivity (Wildman–Crippen MR) is 141 cm³/mol. The first-order chi connectivity index (χ1) is 17.0. The van der Waals surface area contributed by atoms with Gasteiger partial charge in [-0.3, -0.25) is 0 Å². The molecule has 2 rings (SSSR count). The normalized spacial score (nSPS) is 16.0. The van der Waals surface area contributed by atoms with Crippen LogP contribution in [0.5, 0.6) is 5.75 Å². The molecule has 0 aromatic heterocycles. The zero-order chi connectivity index (χ0) is 25.5. The molecule has 1 aromatic carbocycles. The number of rotatable bonds is 15. The zero-order valence-corrected chi connectivity index (χ0v) is 21.8. The number of ether oxygens (including phenoxy) is 2. The number of nitrogens with one attached hydrogen (secondary N) is 2. The van der Waals surface area contributed by atoms with E-state index in [2.05, 4.69) is 47.9 Å². The first-order valence-corrected chi connectivity index (χ1v) is 12.9. The van der Waals surface area contributed by atoms with Crippen LogP contribution in [0.1, 0.15) is 88.8 Å². The Morgan fingerprint density at radius 1 is 1.00 bits per heavy atom. The third kappa shape index (κ3) is 8.93. The summed E-state index contributed by atoms with van der Waals surface area (Å²) in [4.78, 5) is 24.8. The van der Waals surface area contributed by atoms with Gasteiger partial charge in [0.1, 0.15) is 5.75 Å². The van der Waals surface area contributed by atoms with Gasteiger partial charge in [0.25, 0.3) is 0 Å². The third-order valence-electron chi connectivity index (χ3n) is 6.22. The number of allylic oxidation sites excluding steroid dienone is 5. The van der Waals surface area contributed by atoms with Crippen LogP contribution >= 0.6 is 0 Å². The average molecular weight is 483 g/mol. The minimum atomic E-state index is -0.619. The molecule has 6 nitrogen and oxygen atoms in total. The summed E-state index contributed by atoms with van der Waals surface area (Å²) >= 11 is 0. The van der Waals surface area contributed by atoms with Gasteiger partial charge in [0, 0.05) is 11.3 Å². The summed E-state index contributed by atoms with van der Waals surface area (Å²) in [5.41, 5.74) is 2.78. The molecule has 1 aromatic rings. The lowest BCUT2D eigenvalue weighted by atomic mass is 9.89. The third-order valence-corrected chi connectivity index (χ3v) is 6.22. The molecule has 35 heavy (non-hydrogen) atoms. The quantitative estimate of drug-likeness (QED) is 0.166. The summed E-state index contributed by atoms with van der Waals surface area (Å²) in [6, 6.07) is 4.91. The standard InChI is InChI=1S/C29H42N2O4/c1-5-6-7-8-9-10-11-12-13-14-15-16-17-19-23-20-18-21-24(34-3)26(23)27-25(28(32)35-4)22(2)30-29(33)31-27/h7-8,10-11,18,20-21,27H,5-6,9,12-17,19H2,1-4H3,(H2,30,31,33)/b8-7+,11-10+. The Morgan fingerprint density at radius 2 is 1.71 bits per heavy atom. The van der Waals surface area contributed by atoms with Crippen LogP contribution < -0.4 is 15.4 Å². The molecule has 6 heteroatoms. The lowest BCUT2D eigenvalue weighted by Crippen LogP contribution is -2.45. The second-order valence-corrected chi connectivity index (χ2v) is 8.87. The molecule has 1 heterocycles. The van der Waals surface area contributed by atoms with E-state index in [-0.39, 0.29) is 6.03 Å². The van der Waals surface area contributed by atoms with Crippen LogP contribution in [0.15, 0.2) is 53.8 Å². The highest BCUT2D eigenvalue weighted by Crippen LogP contribution is 2.36. The highest BCUT2D eigenvalue weighted by Gasteiger charge is 2.34. The number of hydrogen-bond acceptors (Lipinski definition) is 4. The molecule has 0 bridgehead atoms. The number of carbonyl (C=O) groups excluding carboxylic acids is 2. The summed E-state index contributed by atoms with van der Waals surface area (Å²) < 4.78 is 10.6. The van der Waals surface area contributed by atoms with Gasteiger partial charge in [-0.25, -0.2) is 9.59 Å². The number of urea groups is 1. The molecule has 1 unspecified atom stereocenters. The van der Waals surface area contributed by atoms with E-state index in [0.29, 0.717) is 17.0 Å². The number of carbonyl (C=O) groups is 2. The van der Waals surface area contributed by atoms with Gasteiger partial charge in [-0.05, 0) is 57.1 Å². The molecular formula is C29H42N2O4. The smallest absolute Gasteiger partial charge is 0.337 e. The maximum atomic E-state index is 12.5. The first kappa shape index (κ1) is 28.2. The van der Waals surface area contributed by atoms with Crippen molar-refractivity contribution in [2.45, 2.75) is 84.1 Å². The topological polar surface area (TPSA) is 76.7 Å². The summed E-state index contributed by atoms with van der Waals surface area (Å²) in [5.74, 6) is 0.183. The van der Waals surface area contributed by atoms with Gasteiger partial charge >= 0.3 is 12.0 Å². The van der Waals surface area contributed by atoms with Crippen LogP contribution in [-0.2, 0) is 16.0 Å². The fraction of sp³-hybridized carbons (Fsp3) is 0.517. The van der Waals surface area contributed by atoms with Crippen molar-refractivity contribution in [2.24, 2.45) is 0 Å². The molecule has 1 atom stereocenters. The Bertz CT molecular complexity index is 917. The van der Waals surface area contributed by atoms with E-state index in [0.717, 1.165) is 43.2 Å². The minimum absolute atomic E-state index is 0.344. The molecule has 0 spiro atoms. The molecule has 0 fully saturated rings. The summed E-state index contributed by atoms with van der Waals surface area (Å²) in [7, 11) is 2.95. The first-order valence-electron chi connectivity index (χ1n) is 12.9. The highest BCUT2D eigenvalue weighted by molar-refractivity contribution is 5.95. The molecule has 192 valence electrons. The van der Waals surface area contributed by atoms with Crippen molar-refractivity contribution in [3.05, 3.63) is 64.9 Å². The Balaban J connectivity index is 1.93. The lowest BCUT2D eigenvalue weighted by molar-refractivity contribution is -0.136. The van der Waals surface area contributed by atoms with Crippen molar-refractivity contribution in [3.8, 4) is 5.75 Å². The van der Waals surface area contributed by atoms with Crippen molar-refractivity contribution in [3.63, 3.8) is 0 Å². The molecular weight excluding hydrogens is 440 g/mol. The Kier molecular flexibility index (Phi) is 12.7. The van der Waals surface area contributed by atoms with Gasteiger partial charge in [-0.15, -0.1) is 0 Å². The van der Waals surface area contributed by atoms with E-state index in [1.807, 2.05) is 12.1 Å². The second kappa shape index (κ2) is 15.8. The molecule has 2 N–H and O–H groups in total. The van der Waals surface area contributed by atoms with E-state index >= 15 is 0 Å². The summed E-state index contributed by atoms with van der Waals surface area (Å²) in [5, 5.41) is 5.57. The second-order valence-electron chi connectivity index (χ2n) is 8.87. The number of amides is 2. The van der Waals surface area contributed by atoms with Crippen molar-refractivity contribution < 1.29 is 19.1 Å². The van der Waals surface area contributed by atoms with Gasteiger partial charge in [-0.2, -0.15) is 0 Å². The molecule has 0 aliphatic carbocycles. The van der Waals surface area contributed by atoms with Crippen LogP contribution in [0, 0.1) is 0 Å². The van der Waals surface area contributed by atoms with Crippen LogP contribution in [0.2, 0.25) is 0 Å². The van der Waals surface area contributed by atoms with Crippen LogP contribution in [0.25, 0.3) is 0 Å². The van der Waals surface area contributed by atoms with Crippen LogP contribution in [-0.4, -0.2) is 26.2 Å². The van der Waals surface area contributed by atoms with Gasteiger partial charge in [0.2, 0.25) is 0 Å². The summed E-state index contributed by atoms with van der Waals surface area (Å²) in [6.45, 7) is 3.91. The maximum absolute atomic E-state index is 12.5. The molecule has 0 radical (unpaired) electrons. The SMILES string of the molecule is CCC/C=C/C/C=C/CCCCCCCc1cccc(OC)c1C1NC(=O)NC(C)=C1C(=O)OC. The van der Waals surface area contributed by atoms with Gasteiger partial charge < -0.3 is 20.1 Å². The zero-order valence-electron chi connectivity index (χ0n) is 21.8. The predicted octanol–water partition coefficient (Wildman–Crippen LogP) is 6.68. The maximum Gasteiger partial charge on any atom is 0.337 e. The van der Waals surface area contributed by atoms with Crippen molar-refractivity contribution in [2.75, 3.05) is 14.2 Å². The van der Waals surface area contributed by atoms with Crippen molar-refractivity contribution in [1.82, 2.24) is 10.6 Å². The van der Waals surface area contributed by atoms with E-state index in [9.17, 15) is 9.59 Å². The number of hydrogen-bond donors (Lipinski definition) is 2. The van der Waals surface area contributed by atoms with E-state index in [1.54, 1.807) is 14.0 Å². The minimum Gasteiger partial charge on any atom is -0.496 e. The number of aryl methyl sites for hydroxylation is 1. The Labute approximate surface area is 210 Å². The van der Waals surface area contributed by atoms with E-state index < -0.39 is 12.0 Å². The van der Waals surface area contributed by atoms with Gasteiger partial charge in [-0.1, -0.05) is 69.0 Å². The number of benzene rings is 1. The Hall–Kier alpha value is -3.02. The van der Waals surface area contributed by atoms with Crippen molar-refractivity contribution >= 4 is 12.0 Å². The van der Waals surface area contributed by atoms with Gasteiger partial charge in [0.05, 0.1) is 25.8 Å². The molecule has 2 amide bonds. The highest BCUT2D eigenvalue weighted by atomic mass is 16.5. The van der Waals surface area contributed by atoms with Crippen molar-refractivity contribution in [1.29, 1.82) is 0 Å². The number of esters is 1.